The number of H-pyrrole nitrogens is 1. The molecule has 0 unspecified atom stereocenters. The molecule has 1 N–H and O–H groups in total. The molecule has 0 aliphatic carbocycles. The van der Waals surface area contributed by atoms with E-state index in [2.05, 4.69) is 22.1 Å². The first kappa shape index (κ1) is 6.15. The quantitative estimate of drug-likeness (QED) is 0.483. The van der Waals surface area contributed by atoms with Crippen molar-refractivity contribution in [1.82, 2.24) is 20.2 Å². The normalized spacial score (nSPS) is 9.33. The molecule has 1 aromatic heterocycles. The highest BCUT2D eigenvalue weighted by Gasteiger charge is 1.87. The molecule has 9 heavy (non-hydrogen) atoms. The fourth-order valence-corrected chi connectivity index (χ4v) is 0.620. The molecule has 0 atom stereocenters. The predicted molar refractivity (Wildman–Crippen MR) is 35.4 cm³/mol. The number of tetrazole rings is 1. The third-order valence-corrected chi connectivity index (χ3v) is 1.15. The van der Waals surface area contributed by atoms with Crippen LogP contribution in [0.1, 0.15) is 0 Å². The van der Waals surface area contributed by atoms with E-state index in [0.717, 1.165) is 0 Å². The van der Waals surface area contributed by atoms with Gasteiger partial charge in [-0.25, -0.2) is 4.68 Å². The fraction of sp³-hybridized carbons (Fsp3) is 0.250. The van der Waals surface area contributed by atoms with Crippen molar-refractivity contribution in [3.8, 4) is 0 Å². The van der Waals surface area contributed by atoms with E-state index in [0.29, 0.717) is 11.3 Å². The summed E-state index contributed by atoms with van der Waals surface area (Å²) in [6, 6.07) is 0. The number of nitrogens with one attached hydrogen (secondary N) is 1. The Hall–Kier alpha value is -0.970. The maximum Gasteiger partial charge on any atom is 0.238 e. The standard InChI is InChI=1S/C4H6N4S/c1-2-3-8-4(9)5-6-7-8/h2H,1,3H2,(H,5,7,9). The van der Waals surface area contributed by atoms with Gasteiger partial charge in [0.15, 0.2) is 0 Å². The Labute approximate surface area is 57.2 Å². The summed E-state index contributed by atoms with van der Waals surface area (Å²) >= 11 is 4.76. The molecule has 48 valence electrons. The summed E-state index contributed by atoms with van der Waals surface area (Å²) in [5.41, 5.74) is 0. The summed E-state index contributed by atoms with van der Waals surface area (Å²) in [6.45, 7) is 4.16. The second-order valence-electron chi connectivity index (χ2n) is 1.48. The summed E-state index contributed by atoms with van der Waals surface area (Å²) < 4.78 is 2.07. The molecular formula is C4H6N4S. The van der Waals surface area contributed by atoms with Crippen LogP contribution in [0.4, 0.5) is 0 Å². The third kappa shape index (κ3) is 1.23. The lowest BCUT2D eigenvalue weighted by Crippen LogP contribution is -1.96. The first-order valence-electron chi connectivity index (χ1n) is 2.43. The molecule has 1 aromatic rings. The lowest BCUT2D eigenvalue weighted by Gasteiger charge is -1.89. The van der Waals surface area contributed by atoms with Gasteiger partial charge in [0.05, 0.1) is 6.54 Å². The Morgan fingerprint density at radius 2 is 2.67 bits per heavy atom. The van der Waals surface area contributed by atoms with Gasteiger partial charge in [-0.2, -0.15) is 5.21 Å². The third-order valence-electron chi connectivity index (χ3n) is 0.844. The van der Waals surface area contributed by atoms with Crippen molar-refractivity contribution < 1.29 is 0 Å². The van der Waals surface area contributed by atoms with Crippen molar-refractivity contribution in [2.45, 2.75) is 6.54 Å². The Kier molecular flexibility index (Phi) is 1.74. The number of aromatic nitrogens is 4. The fourth-order valence-electron chi connectivity index (χ4n) is 0.464. The highest BCUT2D eigenvalue weighted by Crippen LogP contribution is 1.81. The predicted octanol–water partition coefficient (Wildman–Crippen LogP) is 0.522. The van der Waals surface area contributed by atoms with Crippen molar-refractivity contribution in [1.29, 1.82) is 0 Å². The van der Waals surface area contributed by atoms with Gasteiger partial charge in [0.25, 0.3) is 0 Å². The summed E-state index contributed by atoms with van der Waals surface area (Å²) in [4.78, 5) is 0. The van der Waals surface area contributed by atoms with E-state index >= 15 is 0 Å². The summed E-state index contributed by atoms with van der Waals surface area (Å²) in [7, 11) is 0. The molecule has 0 aliphatic rings. The molecule has 0 amide bonds. The van der Waals surface area contributed by atoms with Crippen molar-refractivity contribution in [2.75, 3.05) is 0 Å². The number of nitrogens with zero attached hydrogens (tertiary/aromatic N) is 3. The van der Waals surface area contributed by atoms with Crippen LogP contribution in [0.25, 0.3) is 0 Å². The molecule has 0 fully saturated rings. The van der Waals surface area contributed by atoms with Gasteiger partial charge in [-0.1, -0.05) is 16.4 Å². The summed E-state index contributed by atoms with van der Waals surface area (Å²) in [5.74, 6) is 0. The van der Waals surface area contributed by atoms with Crippen LogP contribution in [-0.2, 0) is 6.54 Å². The number of allylic oxidation sites excluding steroid dienone is 1. The van der Waals surface area contributed by atoms with Gasteiger partial charge in [-0.3, -0.25) is 0 Å². The monoisotopic (exact) mass is 142 g/mol. The average molecular weight is 142 g/mol. The lowest BCUT2D eigenvalue weighted by molar-refractivity contribution is 0.654. The van der Waals surface area contributed by atoms with Gasteiger partial charge < -0.3 is 0 Å². The molecular weight excluding hydrogens is 136 g/mol. The van der Waals surface area contributed by atoms with Crippen LogP contribution in [0.15, 0.2) is 12.7 Å². The maximum absolute atomic E-state index is 4.76. The van der Waals surface area contributed by atoms with Gasteiger partial charge in [-0.05, 0) is 12.2 Å². The van der Waals surface area contributed by atoms with Crippen molar-refractivity contribution >= 4 is 12.2 Å². The van der Waals surface area contributed by atoms with Crippen molar-refractivity contribution in [3.63, 3.8) is 0 Å². The molecule has 0 bridgehead atoms. The number of hydrogen-bond acceptors (Lipinski definition) is 3. The molecule has 1 rings (SSSR count). The van der Waals surface area contributed by atoms with Crippen LogP contribution in [0.3, 0.4) is 0 Å². The highest BCUT2D eigenvalue weighted by molar-refractivity contribution is 7.71. The van der Waals surface area contributed by atoms with Crippen LogP contribution in [0.5, 0.6) is 0 Å². The lowest BCUT2D eigenvalue weighted by atomic mass is 10.6. The molecule has 1 heterocycles. The van der Waals surface area contributed by atoms with Gasteiger partial charge in [0.2, 0.25) is 4.77 Å². The molecule has 0 spiro atoms. The van der Waals surface area contributed by atoms with E-state index in [9.17, 15) is 0 Å². The molecule has 0 radical (unpaired) electrons. The Morgan fingerprint density at radius 1 is 1.89 bits per heavy atom. The minimum Gasteiger partial charge on any atom is -0.239 e. The van der Waals surface area contributed by atoms with E-state index < -0.39 is 0 Å². The zero-order chi connectivity index (χ0) is 6.69. The molecule has 0 saturated heterocycles. The topological polar surface area (TPSA) is 46.5 Å². The van der Waals surface area contributed by atoms with E-state index in [1.165, 1.54) is 0 Å². The minimum absolute atomic E-state index is 0.454. The van der Waals surface area contributed by atoms with E-state index in [-0.39, 0.29) is 0 Å². The highest BCUT2D eigenvalue weighted by atomic mass is 32.1. The smallest absolute Gasteiger partial charge is 0.238 e. The Bertz CT molecular complexity index is 247. The van der Waals surface area contributed by atoms with E-state index in [1.54, 1.807) is 10.8 Å². The SMILES string of the molecule is C=CCn1[nH]nnc1=S. The van der Waals surface area contributed by atoms with Gasteiger partial charge in [0.1, 0.15) is 0 Å². The second kappa shape index (κ2) is 2.54. The Morgan fingerprint density at radius 3 is 3.11 bits per heavy atom. The second-order valence-corrected chi connectivity index (χ2v) is 1.85. The van der Waals surface area contributed by atoms with Gasteiger partial charge in [-0.15, -0.1) is 6.58 Å². The van der Waals surface area contributed by atoms with Crippen molar-refractivity contribution in [3.05, 3.63) is 17.4 Å². The first-order chi connectivity index (χ1) is 4.34. The van der Waals surface area contributed by atoms with Crippen LogP contribution in [0.2, 0.25) is 0 Å². The minimum atomic E-state index is 0.454. The molecule has 0 aliphatic heterocycles. The van der Waals surface area contributed by atoms with Gasteiger partial charge in [0, 0.05) is 0 Å². The van der Waals surface area contributed by atoms with Crippen LogP contribution < -0.4 is 0 Å². The summed E-state index contributed by atoms with van der Waals surface area (Å²) in [5, 5.41) is 9.62. The summed E-state index contributed by atoms with van der Waals surface area (Å²) in [6.07, 6.45) is 1.72. The zero-order valence-electron chi connectivity index (χ0n) is 4.74. The largest absolute Gasteiger partial charge is 0.239 e. The van der Waals surface area contributed by atoms with Gasteiger partial charge >= 0.3 is 0 Å². The van der Waals surface area contributed by atoms with E-state index in [1.807, 2.05) is 0 Å². The van der Waals surface area contributed by atoms with Crippen LogP contribution in [-0.4, -0.2) is 20.2 Å². The number of hydrogen-bond donors (Lipinski definition) is 1. The molecule has 4 nitrogen and oxygen atoms in total. The Balaban J connectivity index is 2.93. The molecule has 0 saturated carbocycles. The average Bonchev–Trinajstić information content (AvgIpc) is 2.18. The molecule has 5 heteroatoms. The number of rotatable bonds is 2. The van der Waals surface area contributed by atoms with Crippen LogP contribution >= 0.6 is 12.2 Å². The molecule has 0 aromatic carbocycles. The number of aromatic amines is 1. The van der Waals surface area contributed by atoms with Crippen LogP contribution in [0, 0.1) is 4.77 Å². The van der Waals surface area contributed by atoms with Crippen molar-refractivity contribution in [2.24, 2.45) is 0 Å². The first-order valence-corrected chi connectivity index (χ1v) is 2.84. The maximum atomic E-state index is 4.76. The van der Waals surface area contributed by atoms with E-state index in [4.69, 9.17) is 12.2 Å². The zero-order valence-corrected chi connectivity index (χ0v) is 5.56.